The van der Waals surface area contributed by atoms with Crippen LogP contribution in [0.1, 0.15) is 19.8 Å². The minimum atomic E-state index is -0.627. The molecule has 116 valence electrons. The first kappa shape index (κ1) is 16.2. The Labute approximate surface area is 131 Å². The molecule has 1 N–H and O–H groups in total. The van der Waals surface area contributed by atoms with Crippen molar-refractivity contribution in [1.29, 1.82) is 0 Å². The highest BCUT2D eigenvalue weighted by Crippen LogP contribution is 2.30. The van der Waals surface area contributed by atoms with Crippen molar-refractivity contribution < 1.29 is 9.31 Å². The number of likely N-dealkylation sites (tertiary alicyclic amines) is 1. The van der Waals surface area contributed by atoms with Gasteiger partial charge in [-0.05, 0) is 53.8 Å². The summed E-state index contributed by atoms with van der Waals surface area (Å²) in [7, 11) is 0. The molecule has 2 rings (SSSR count). The number of benzene rings is 1. The molecule has 7 heteroatoms. The molecule has 0 amide bonds. The number of hydrogen-bond acceptors (Lipinski definition) is 4. The van der Waals surface area contributed by atoms with Crippen LogP contribution in [0.25, 0.3) is 0 Å². The third-order valence-electron chi connectivity index (χ3n) is 3.64. The molecule has 1 aromatic carbocycles. The van der Waals surface area contributed by atoms with Crippen LogP contribution < -0.4 is 5.32 Å². The normalized spacial score (nSPS) is 16.9. The highest BCUT2D eigenvalue weighted by molar-refractivity contribution is 9.10. The van der Waals surface area contributed by atoms with E-state index in [9.17, 15) is 14.5 Å². The number of rotatable bonds is 6. The van der Waals surface area contributed by atoms with Crippen LogP contribution >= 0.6 is 15.9 Å². The molecule has 1 atom stereocenters. The molecule has 1 saturated heterocycles. The highest BCUT2D eigenvalue weighted by Gasteiger charge is 2.19. The molecule has 1 unspecified atom stereocenters. The summed E-state index contributed by atoms with van der Waals surface area (Å²) in [6.07, 6.45) is 2.49. The first-order chi connectivity index (χ1) is 9.97. The molecule has 0 spiro atoms. The summed E-state index contributed by atoms with van der Waals surface area (Å²) in [6.45, 7) is 5.97. The Morgan fingerprint density at radius 3 is 2.76 bits per heavy atom. The summed E-state index contributed by atoms with van der Waals surface area (Å²) >= 11 is 3.06. The third kappa shape index (κ3) is 4.38. The zero-order valence-electron chi connectivity index (χ0n) is 11.9. The van der Waals surface area contributed by atoms with Gasteiger partial charge in [0.05, 0.1) is 15.5 Å². The van der Waals surface area contributed by atoms with Gasteiger partial charge in [0.1, 0.15) is 11.5 Å². The van der Waals surface area contributed by atoms with Crippen molar-refractivity contribution in [2.75, 3.05) is 31.5 Å². The maximum Gasteiger partial charge on any atom is 0.295 e. The number of halogens is 2. The van der Waals surface area contributed by atoms with E-state index in [1.165, 1.54) is 18.9 Å². The standard InChI is InChI=1S/C14H19BrFN3O2/c1-10(9-18-4-2-3-5-18)8-17-13-6-11(15)12(16)7-14(13)19(20)21/h6-7,10,17H,2-5,8-9H2,1H3. The van der Waals surface area contributed by atoms with Gasteiger partial charge in [0.25, 0.3) is 5.69 Å². The predicted molar refractivity (Wildman–Crippen MR) is 84.1 cm³/mol. The van der Waals surface area contributed by atoms with Gasteiger partial charge in [0.2, 0.25) is 0 Å². The number of anilines is 1. The van der Waals surface area contributed by atoms with Crippen molar-refractivity contribution in [3.63, 3.8) is 0 Å². The van der Waals surface area contributed by atoms with Crippen LogP contribution in [0.4, 0.5) is 15.8 Å². The van der Waals surface area contributed by atoms with Crippen LogP contribution in [-0.2, 0) is 0 Å². The number of hydrogen-bond donors (Lipinski definition) is 1. The van der Waals surface area contributed by atoms with Crippen molar-refractivity contribution in [1.82, 2.24) is 4.90 Å². The zero-order chi connectivity index (χ0) is 15.4. The van der Waals surface area contributed by atoms with Gasteiger partial charge in [0, 0.05) is 13.1 Å². The van der Waals surface area contributed by atoms with Crippen LogP contribution in [0.2, 0.25) is 0 Å². The molecular formula is C14H19BrFN3O2. The van der Waals surface area contributed by atoms with Crippen LogP contribution in [0.3, 0.4) is 0 Å². The average Bonchev–Trinajstić information content (AvgIpc) is 2.92. The third-order valence-corrected chi connectivity index (χ3v) is 4.25. The average molecular weight is 360 g/mol. The zero-order valence-corrected chi connectivity index (χ0v) is 13.5. The fourth-order valence-corrected chi connectivity index (χ4v) is 2.93. The van der Waals surface area contributed by atoms with E-state index in [0.717, 1.165) is 25.7 Å². The van der Waals surface area contributed by atoms with Gasteiger partial charge in [-0.1, -0.05) is 6.92 Å². The molecule has 0 aliphatic carbocycles. The molecule has 1 aromatic rings. The quantitative estimate of drug-likeness (QED) is 0.622. The first-order valence-electron chi connectivity index (χ1n) is 7.07. The summed E-state index contributed by atoms with van der Waals surface area (Å²) < 4.78 is 13.6. The monoisotopic (exact) mass is 359 g/mol. The fraction of sp³-hybridized carbons (Fsp3) is 0.571. The molecule has 5 nitrogen and oxygen atoms in total. The van der Waals surface area contributed by atoms with E-state index in [2.05, 4.69) is 33.1 Å². The van der Waals surface area contributed by atoms with Gasteiger partial charge in [-0.3, -0.25) is 10.1 Å². The molecule has 1 aliphatic rings. The van der Waals surface area contributed by atoms with Crippen molar-refractivity contribution in [3.05, 3.63) is 32.5 Å². The molecule has 1 aliphatic heterocycles. The molecule has 1 heterocycles. The number of nitro groups is 1. The summed E-state index contributed by atoms with van der Waals surface area (Å²) in [4.78, 5) is 12.8. The summed E-state index contributed by atoms with van der Waals surface area (Å²) in [5.41, 5.74) is 0.116. The van der Waals surface area contributed by atoms with Crippen molar-refractivity contribution >= 4 is 27.3 Å². The lowest BCUT2D eigenvalue weighted by Crippen LogP contribution is -2.29. The first-order valence-corrected chi connectivity index (χ1v) is 7.86. The van der Waals surface area contributed by atoms with Gasteiger partial charge in [-0.15, -0.1) is 0 Å². The minimum Gasteiger partial charge on any atom is -0.379 e. The van der Waals surface area contributed by atoms with Crippen LogP contribution in [-0.4, -0.2) is 36.0 Å². The van der Waals surface area contributed by atoms with E-state index in [4.69, 9.17) is 0 Å². The Balaban J connectivity index is 1.98. The van der Waals surface area contributed by atoms with Crippen LogP contribution in [0.5, 0.6) is 0 Å². The van der Waals surface area contributed by atoms with Crippen LogP contribution in [0, 0.1) is 21.8 Å². The summed E-state index contributed by atoms with van der Waals surface area (Å²) in [6, 6.07) is 2.37. The molecule has 0 saturated carbocycles. The molecule has 21 heavy (non-hydrogen) atoms. The minimum absolute atomic E-state index is 0.225. The Kier molecular flexibility index (Phi) is 5.52. The van der Waals surface area contributed by atoms with E-state index < -0.39 is 10.7 Å². The van der Waals surface area contributed by atoms with Crippen molar-refractivity contribution in [3.8, 4) is 0 Å². The SMILES string of the molecule is CC(CNc1cc(Br)c(F)cc1[N+](=O)[O-])CN1CCCC1. The maximum absolute atomic E-state index is 13.4. The van der Waals surface area contributed by atoms with Gasteiger partial charge >= 0.3 is 0 Å². The Hall–Kier alpha value is -1.21. The van der Waals surface area contributed by atoms with Crippen LogP contribution in [0.15, 0.2) is 16.6 Å². The smallest absolute Gasteiger partial charge is 0.295 e. The second-order valence-electron chi connectivity index (χ2n) is 5.53. The molecular weight excluding hydrogens is 341 g/mol. The van der Waals surface area contributed by atoms with Gasteiger partial charge < -0.3 is 10.2 Å². The van der Waals surface area contributed by atoms with Crippen molar-refractivity contribution in [2.24, 2.45) is 5.92 Å². The molecule has 0 radical (unpaired) electrons. The largest absolute Gasteiger partial charge is 0.379 e. The predicted octanol–water partition coefficient (Wildman–Crippen LogP) is 3.64. The van der Waals surface area contributed by atoms with E-state index in [-0.39, 0.29) is 10.2 Å². The number of nitrogens with one attached hydrogen (secondary N) is 1. The summed E-state index contributed by atoms with van der Waals surface area (Å²) in [5.74, 6) is -0.260. The Morgan fingerprint density at radius 2 is 2.14 bits per heavy atom. The second-order valence-corrected chi connectivity index (χ2v) is 6.39. The lowest BCUT2D eigenvalue weighted by molar-refractivity contribution is -0.384. The van der Waals surface area contributed by atoms with Gasteiger partial charge in [-0.2, -0.15) is 0 Å². The van der Waals surface area contributed by atoms with Crippen molar-refractivity contribution in [2.45, 2.75) is 19.8 Å². The van der Waals surface area contributed by atoms with Gasteiger partial charge in [0.15, 0.2) is 0 Å². The molecule has 1 fully saturated rings. The molecule has 0 aromatic heterocycles. The fourth-order valence-electron chi connectivity index (χ4n) is 2.58. The van der Waals surface area contributed by atoms with E-state index in [0.29, 0.717) is 18.2 Å². The highest BCUT2D eigenvalue weighted by atomic mass is 79.9. The lowest BCUT2D eigenvalue weighted by Gasteiger charge is -2.20. The van der Waals surface area contributed by atoms with E-state index >= 15 is 0 Å². The number of nitro benzene ring substituents is 1. The van der Waals surface area contributed by atoms with E-state index in [1.54, 1.807) is 0 Å². The van der Waals surface area contributed by atoms with E-state index in [1.807, 2.05) is 0 Å². The molecule has 0 bridgehead atoms. The van der Waals surface area contributed by atoms with Gasteiger partial charge in [-0.25, -0.2) is 4.39 Å². The maximum atomic E-state index is 13.4. The Bertz CT molecular complexity index is 521. The topological polar surface area (TPSA) is 58.4 Å². The lowest BCUT2D eigenvalue weighted by atomic mass is 10.1. The Morgan fingerprint density at radius 1 is 1.48 bits per heavy atom. The second kappa shape index (κ2) is 7.17. The number of nitrogens with zero attached hydrogens (tertiary/aromatic N) is 2. The summed E-state index contributed by atoms with van der Waals surface area (Å²) in [5, 5.41) is 14.1.